The molecule has 0 bridgehead atoms. The van der Waals surface area contributed by atoms with Gasteiger partial charge in [0.1, 0.15) is 0 Å². The number of rotatable bonds is 7. The van der Waals surface area contributed by atoms with Crippen LogP contribution in [0.2, 0.25) is 0 Å². The molecule has 0 fully saturated rings. The van der Waals surface area contributed by atoms with E-state index in [2.05, 4.69) is 57.6 Å². The maximum Gasteiger partial charge on any atom is 0.281 e. The largest absolute Gasteiger partial charge is 0.372 e. The fraction of sp³-hybridized carbons (Fsp3) is 0.0588. The third kappa shape index (κ3) is 4.72. The van der Waals surface area contributed by atoms with E-state index in [-0.39, 0.29) is 0 Å². The molecule has 0 atom stereocenters. The van der Waals surface area contributed by atoms with Gasteiger partial charge < -0.3 is 9.67 Å². The number of carbonyl (C=O) groups excluding carboxylic acids is 1. The summed E-state index contributed by atoms with van der Waals surface area (Å²) in [6, 6.07) is 40.8. The van der Waals surface area contributed by atoms with Crippen molar-refractivity contribution in [3.05, 3.63) is 156 Å². The van der Waals surface area contributed by atoms with Crippen LogP contribution in [0.4, 0.5) is 0 Å². The average molecular weight is 510 g/mol. The van der Waals surface area contributed by atoms with Crippen LogP contribution in [0.25, 0.3) is 21.7 Å². The topological polar surface area (TPSA) is 66.6 Å². The molecule has 1 aromatic heterocycles. The summed E-state index contributed by atoms with van der Waals surface area (Å²) in [5, 5.41) is 19.4. The molecular formula is C34H27N3O2. The molecule has 0 unspecified atom stereocenters. The lowest BCUT2D eigenvalue weighted by Crippen LogP contribution is -2.43. The van der Waals surface area contributed by atoms with Crippen LogP contribution in [0.1, 0.15) is 22.3 Å². The molecular weight excluding hydrogens is 482 g/mol. The van der Waals surface area contributed by atoms with Gasteiger partial charge in [0.15, 0.2) is 5.60 Å². The van der Waals surface area contributed by atoms with Gasteiger partial charge in [0.25, 0.3) is 5.91 Å². The zero-order valence-corrected chi connectivity index (χ0v) is 21.2. The lowest BCUT2D eigenvalue weighted by Gasteiger charge is -2.27. The Bertz CT molecular complexity index is 1750. The Morgan fingerprint density at radius 3 is 2.10 bits per heavy atom. The van der Waals surface area contributed by atoms with Crippen molar-refractivity contribution in [2.75, 3.05) is 0 Å². The number of hydrogen-bond donors (Lipinski definition) is 2. The predicted octanol–water partition coefficient (Wildman–Crippen LogP) is 6.23. The molecule has 6 aromatic rings. The Hall–Kier alpha value is -5.00. The van der Waals surface area contributed by atoms with Gasteiger partial charge in [-0.05, 0) is 39.6 Å². The Morgan fingerprint density at radius 1 is 0.769 bits per heavy atom. The number of amides is 1. The predicted molar refractivity (Wildman–Crippen MR) is 157 cm³/mol. The Labute approximate surface area is 226 Å². The molecule has 39 heavy (non-hydrogen) atoms. The maximum absolute atomic E-state index is 13.4. The Morgan fingerprint density at radius 2 is 1.38 bits per heavy atom. The van der Waals surface area contributed by atoms with Crippen molar-refractivity contribution < 1.29 is 9.90 Å². The van der Waals surface area contributed by atoms with Crippen LogP contribution in [-0.2, 0) is 16.9 Å². The van der Waals surface area contributed by atoms with Crippen molar-refractivity contribution in [1.29, 1.82) is 0 Å². The van der Waals surface area contributed by atoms with Crippen LogP contribution in [0.15, 0.2) is 139 Å². The quantitative estimate of drug-likeness (QED) is 0.198. The van der Waals surface area contributed by atoms with E-state index in [9.17, 15) is 9.90 Å². The first-order chi connectivity index (χ1) is 19.1. The number of aromatic nitrogens is 1. The van der Waals surface area contributed by atoms with Crippen molar-refractivity contribution in [3.8, 4) is 0 Å². The van der Waals surface area contributed by atoms with Crippen LogP contribution in [0.3, 0.4) is 0 Å². The first-order valence-electron chi connectivity index (χ1n) is 12.9. The fourth-order valence-corrected chi connectivity index (χ4v) is 5.07. The van der Waals surface area contributed by atoms with Crippen LogP contribution in [-0.4, -0.2) is 21.8 Å². The van der Waals surface area contributed by atoms with E-state index in [1.807, 2.05) is 42.6 Å². The van der Waals surface area contributed by atoms with Crippen molar-refractivity contribution in [2.24, 2.45) is 5.10 Å². The highest BCUT2D eigenvalue weighted by Crippen LogP contribution is 2.30. The second-order valence-corrected chi connectivity index (χ2v) is 9.55. The molecule has 1 heterocycles. The first-order valence-corrected chi connectivity index (χ1v) is 12.9. The van der Waals surface area contributed by atoms with Gasteiger partial charge >= 0.3 is 0 Å². The molecule has 0 saturated carbocycles. The summed E-state index contributed by atoms with van der Waals surface area (Å²) in [4.78, 5) is 13.4. The van der Waals surface area contributed by atoms with Crippen LogP contribution < -0.4 is 5.43 Å². The number of carbonyl (C=O) groups is 1. The van der Waals surface area contributed by atoms with Crippen LogP contribution in [0.5, 0.6) is 0 Å². The zero-order valence-electron chi connectivity index (χ0n) is 21.2. The number of aliphatic hydroxyl groups is 1. The number of nitrogens with one attached hydrogen (secondary N) is 1. The number of nitrogens with zero attached hydrogens (tertiary/aromatic N) is 2. The summed E-state index contributed by atoms with van der Waals surface area (Å²) < 4.78 is 2.19. The van der Waals surface area contributed by atoms with Gasteiger partial charge in [-0.3, -0.25) is 4.79 Å². The Balaban J connectivity index is 1.28. The van der Waals surface area contributed by atoms with Gasteiger partial charge in [0.05, 0.1) is 6.21 Å². The SMILES string of the molecule is O=C(N/N=C/c1cn(Cc2ccc3ccccc3c2)c2ccccc12)C(O)(c1ccccc1)c1ccccc1. The van der Waals surface area contributed by atoms with E-state index in [4.69, 9.17) is 0 Å². The van der Waals surface area contributed by atoms with Gasteiger partial charge in [0, 0.05) is 29.2 Å². The van der Waals surface area contributed by atoms with Crippen LogP contribution in [0, 0.1) is 0 Å². The van der Waals surface area contributed by atoms with E-state index in [1.165, 1.54) is 16.3 Å². The van der Waals surface area contributed by atoms with E-state index >= 15 is 0 Å². The minimum absolute atomic E-state index is 0.468. The summed E-state index contributed by atoms with van der Waals surface area (Å²) in [7, 11) is 0. The number of fused-ring (bicyclic) bond motifs is 2. The molecule has 2 N–H and O–H groups in total. The molecule has 0 saturated heterocycles. The number of hydrazone groups is 1. The summed E-state index contributed by atoms with van der Waals surface area (Å²) in [6.07, 6.45) is 3.67. The fourth-order valence-electron chi connectivity index (χ4n) is 5.07. The first kappa shape index (κ1) is 24.3. The second kappa shape index (κ2) is 10.4. The highest BCUT2D eigenvalue weighted by molar-refractivity contribution is 6.00. The minimum Gasteiger partial charge on any atom is -0.372 e. The molecule has 0 spiro atoms. The molecule has 0 aliphatic carbocycles. The van der Waals surface area contributed by atoms with Gasteiger partial charge in [0.2, 0.25) is 0 Å². The molecule has 5 aromatic carbocycles. The zero-order chi connectivity index (χ0) is 26.7. The standard InChI is InChI=1S/C34H27N3O2/c38-33(34(39,29-13-3-1-4-14-29)30-15-5-2-6-16-30)36-35-22-28-24-37(32-18-10-9-17-31(28)32)23-25-19-20-26-11-7-8-12-27(26)21-25/h1-22,24,39H,23H2,(H,36,38)/b35-22+. The lowest BCUT2D eigenvalue weighted by molar-refractivity contribution is -0.136. The smallest absolute Gasteiger partial charge is 0.281 e. The monoisotopic (exact) mass is 509 g/mol. The summed E-state index contributed by atoms with van der Waals surface area (Å²) in [5.41, 5.74) is 4.77. The molecule has 190 valence electrons. The Kier molecular flexibility index (Phi) is 6.49. The molecule has 6 rings (SSSR count). The van der Waals surface area contributed by atoms with E-state index in [0.29, 0.717) is 17.7 Å². The number of para-hydroxylation sites is 1. The lowest BCUT2D eigenvalue weighted by atomic mass is 9.85. The van der Waals surface area contributed by atoms with E-state index < -0.39 is 11.5 Å². The van der Waals surface area contributed by atoms with Crippen molar-refractivity contribution >= 4 is 33.8 Å². The van der Waals surface area contributed by atoms with Crippen molar-refractivity contribution in [1.82, 2.24) is 9.99 Å². The second-order valence-electron chi connectivity index (χ2n) is 9.55. The van der Waals surface area contributed by atoms with Gasteiger partial charge in [-0.1, -0.05) is 115 Å². The van der Waals surface area contributed by atoms with Crippen molar-refractivity contribution in [3.63, 3.8) is 0 Å². The molecule has 5 heteroatoms. The molecule has 1 amide bonds. The molecule has 5 nitrogen and oxygen atoms in total. The maximum atomic E-state index is 13.4. The number of benzene rings is 5. The normalized spacial score (nSPS) is 11.8. The average Bonchev–Trinajstić information content (AvgIpc) is 3.34. The highest BCUT2D eigenvalue weighted by Gasteiger charge is 2.39. The third-order valence-electron chi connectivity index (χ3n) is 7.07. The summed E-state index contributed by atoms with van der Waals surface area (Å²) in [6.45, 7) is 0.702. The van der Waals surface area contributed by atoms with E-state index in [1.54, 1.807) is 54.7 Å². The highest BCUT2D eigenvalue weighted by atomic mass is 16.3. The summed E-state index contributed by atoms with van der Waals surface area (Å²) in [5.74, 6) is -0.629. The van der Waals surface area contributed by atoms with Crippen LogP contribution >= 0.6 is 0 Å². The van der Waals surface area contributed by atoms with Gasteiger partial charge in [-0.15, -0.1) is 0 Å². The minimum atomic E-state index is -1.88. The molecule has 0 aliphatic rings. The molecule has 0 radical (unpaired) electrons. The summed E-state index contributed by atoms with van der Waals surface area (Å²) >= 11 is 0. The van der Waals surface area contributed by atoms with E-state index in [0.717, 1.165) is 16.5 Å². The van der Waals surface area contributed by atoms with Gasteiger partial charge in [-0.25, -0.2) is 5.43 Å². The van der Waals surface area contributed by atoms with Crippen molar-refractivity contribution in [2.45, 2.75) is 12.1 Å². The van der Waals surface area contributed by atoms with Gasteiger partial charge in [-0.2, -0.15) is 5.10 Å². The molecule has 0 aliphatic heterocycles. The third-order valence-corrected chi connectivity index (χ3v) is 7.07. The number of hydrogen-bond acceptors (Lipinski definition) is 3.